The van der Waals surface area contributed by atoms with Crippen LogP contribution in [0.25, 0.3) is 0 Å². The fourth-order valence-electron chi connectivity index (χ4n) is 4.48. The number of carbonyl (C=O) groups is 1. The van der Waals surface area contributed by atoms with Crippen LogP contribution in [0.1, 0.15) is 47.3 Å². The second kappa shape index (κ2) is 11.7. The predicted molar refractivity (Wildman–Crippen MR) is 139 cm³/mol. The highest BCUT2D eigenvalue weighted by molar-refractivity contribution is 5.94. The predicted octanol–water partition coefficient (Wildman–Crippen LogP) is 4.99. The molecule has 0 saturated carbocycles. The van der Waals surface area contributed by atoms with Crippen molar-refractivity contribution in [2.24, 2.45) is 0 Å². The molecule has 1 fully saturated rings. The summed E-state index contributed by atoms with van der Waals surface area (Å²) in [5.41, 5.74) is 4.31. The number of piperidine rings is 1. The Morgan fingerprint density at radius 2 is 1.65 bits per heavy atom. The Labute approximate surface area is 203 Å². The Morgan fingerprint density at radius 3 is 2.29 bits per heavy atom. The first-order chi connectivity index (χ1) is 16.6. The van der Waals surface area contributed by atoms with E-state index in [1.165, 1.54) is 11.3 Å². The van der Waals surface area contributed by atoms with Gasteiger partial charge in [0.15, 0.2) is 0 Å². The molecule has 1 amide bonds. The largest absolute Gasteiger partial charge is 0.497 e. The second-order valence-electron chi connectivity index (χ2n) is 8.97. The third kappa shape index (κ3) is 6.39. The lowest BCUT2D eigenvalue weighted by atomic mass is 10.0. The molecule has 1 heterocycles. The van der Waals surface area contributed by atoms with Gasteiger partial charge in [-0.3, -0.25) is 4.79 Å². The van der Waals surface area contributed by atoms with Gasteiger partial charge < -0.3 is 20.3 Å². The zero-order valence-electron chi connectivity index (χ0n) is 20.2. The maximum atomic E-state index is 12.7. The maximum Gasteiger partial charge on any atom is 0.251 e. The average molecular weight is 458 g/mol. The van der Waals surface area contributed by atoms with Crippen LogP contribution in [0.2, 0.25) is 0 Å². The van der Waals surface area contributed by atoms with E-state index in [-0.39, 0.29) is 11.9 Å². The summed E-state index contributed by atoms with van der Waals surface area (Å²) < 4.78 is 5.23. The lowest BCUT2D eigenvalue weighted by molar-refractivity contribution is 0.0940. The monoisotopic (exact) mass is 457 g/mol. The van der Waals surface area contributed by atoms with Gasteiger partial charge in [0.2, 0.25) is 0 Å². The van der Waals surface area contributed by atoms with Crippen molar-refractivity contribution in [2.45, 2.75) is 38.3 Å². The Morgan fingerprint density at radius 1 is 0.971 bits per heavy atom. The van der Waals surface area contributed by atoms with Crippen LogP contribution in [0.4, 0.5) is 5.69 Å². The molecular weight excluding hydrogens is 422 g/mol. The van der Waals surface area contributed by atoms with E-state index in [1.54, 1.807) is 7.11 Å². The van der Waals surface area contributed by atoms with Gasteiger partial charge in [0.1, 0.15) is 5.75 Å². The molecule has 0 unspecified atom stereocenters. The fourth-order valence-corrected chi connectivity index (χ4v) is 4.48. The quantitative estimate of drug-likeness (QED) is 0.475. The number of amides is 1. The fraction of sp³-hybridized carbons (Fsp3) is 0.345. The van der Waals surface area contributed by atoms with E-state index in [2.05, 4.69) is 39.8 Å². The zero-order chi connectivity index (χ0) is 23.8. The Bertz CT molecular complexity index is 1030. The van der Waals surface area contributed by atoms with E-state index in [0.717, 1.165) is 50.2 Å². The third-order valence-corrected chi connectivity index (χ3v) is 6.64. The standard InChI is InChI=1S/C29H35N3O2/c1-22(24-6-4-3-5-7-24)31-29(33)25-10-12-27(13-11-25)32-20-17-26(18-21-32)30-19-16-23-8-14-28(34-2)15-9-23/h3-15,22,26,30H,16-21H2,1-2H3,(H,31,33)/t22-/m1/s1. The first kappa shape index (κ1) is 23.8. The van der Waals surface area contributed by atoms with E-state index in [9.17, 15) is 4.79 Å². The summed E-state index contributed by atoms with van der Waals surface area (Å²) in [5, 5.41) is 6.80. The molecule has 3 aromatic carbocycles. The van der Waals surface area contributed by atoms with Gasteiger partial charge in [0, 0.05) is 30.4 Å². The topological polar surface area (TPSA) is 53.6 Å². The van der Waals surface area contributed by atoms with Crippen LogP contribution >= 0.6 is 0 Å². The van der Waals surface area contributed by atoms with Crippen LogP contribution in [0.5, 0.6) is 5.75 Å². The Balaban J connectivity index is 1.21. The Kier molecular flexibility index (Phi) is 8.21. The number of benzene rings is 3. The number of hydrogen-bond acceptors (Lipinski definition) is 4. The summed E-state index contributed by atoms with van der Waals surface area (Å²) in [6.07, 6.45) is 3.27. The van der Waals surface area contributed by atoms with E-state index in [4.69, 9.17) is 4.74 Å². The highest BCUT2D eigenvalue weighted by Gasteiger charge is 2.19. The molecule has 1 aliphatic heterocycles. The molecule has 3 aromatic rings. The minimum atomic E-state index is -0.0392. The van der Waals surface area contributed by atoms with Crippen LogP contribution in [0.3, 0.4) is 0 Å². The van der Waals surface area contributed by atoms with Crippen molar-refractivity contribution in [3.05, 3.63) is 95.6 Å². The highest BCUT2D eigenvalue weighted by atomic mass is 16.5. The summed E-state index contributed by atoms with van der Waals surface area (Å²) in [6.45, 7) is 5.05. The minimum absolute atomic E-state index is 0.0235. The normalized spacial score (nSPS) is 15.1. The van der Waals surface area contributed by atoms with E-state index in [0.29, 0.717) is 11.6 Å². The molecule has 1 saturated heterocycles. The molecule has 2 N–H and O–H groups in total. The molecule has 4 rings (SSSR count). The van der Waals surface area contributed by atoms with Crippen molar-refractivity contribution in [3.63, 3.8) is 0 Å². The first-order valence-electron chi connectivity index (χ1n) is 12.2. The summed E-state index contributed by atoms with van der Waals surface area (Å²) in [4.78, 5) is 15.1. The van der Waals surface area contributed by atoms with Crippen LogP contribution < -0.4 is 20.3 Å². The summed E-state index contributed by atoms with van der Waals surface area (Å²) in [7, 11) is 1.70. The smallest absolute Gasteiger partial charge is 0.251 e. The molecule has 0 aliphatic carbocycles. The molecule has 0 spiro atoms. The van der Waals surface area contributed by atoms with Gasteiger partial charge in [-0.15, -0.1) is 0 Å². The van der Waals surface area contributed by atoms with E-state index >= 15 is 0 Å². The zero-order valence-corrected chi connectivity index (χ0v) is 20.2. The maximum absolute atomic E-state index is 12.7. The number of nitrogens with zero attached hydrogens (tertiary/aromatic N) is 1. The highest BCUT2D eigenvalue weighted by Crippen LogP contribution is 2.21. The number of carbonyl (C=O) groups excluding carboxylic acids is 1. The number of hydrogen-bond donors (Lipinski definition) is 2. The molecule has 0 bridgehead atoms. The first-order valence-corrected chi connectivity index (χ1v) is 12.2. The van der Waals surface area contributed by atoms with Crippen molar-refractivity contribution in [1.82, 2.24) is 10.6 Å². The van der Waals surface area contributed by atoms with Gasteiger partial charge in [-0.1, -0.05) is 42.5 Å². The summed E-state index contributed by atoms with van der Waals surface area (Å²) in [5.74, 6) is 0.863. The van der Waals surface area contributed by atoms with Crippen LogP contribution in [-0.2, 0) is 6.42 Å². The Hall–Kier alpha value is -3.31. The summed E-state index contributed by atoms with van der Waals surface area (Å²) in [6, 6.07) is 26.9. The number of rotatable bonds is 9. The molecule has 5 nitrogen and oxygen atoms in total. The van der Waals surface area contributed by atoms with Crippen molar-refractivity contribution in [1.29, 1.82) is 0 Å². The van der Waals surface area contributed by atoms with Gasteiger partial charge in [-0.2, -0.15) is 0 Å². The summed E-state index contributed by atoms with van der Waals surface area (Å²) >= 11 is 0. The van der Waals surface area contributed by atoms with Gasteiger partial charge in [-0.25, -0.2) is 0 Å². The van der Waals surface area contributed by atoms with Crippen molar-refractivity contribution in [3.8, 4) is 5.75 Å². The molecule has 178 valence electrons. The number of methoxy groups -OCH3 is 1. The molecule has 0 aromatic heterocycles. The van der Waals surface area contributed by atoms with Crippen molar-refractivity contribution >= 4 is 11.6 Å². The second-order valence-corrected chi connectivity index (χ2v) is 8.97. The van der Waals surface area contributed by atoms with Gasteiger partial charge in [0.05, 0.1) is 13.2 Å². The van der Waals surface area contributed by atoms with Crippen LogP contribution in [-0.4, -0.2) is 38.7 Å². The minimum Gasteiger partial charge on any atom is -0.497 e. The number of nitrogens with one attached hydrogen (secondary N) is 2. The molecule has 1 aliphatic rings. The van der Waals surface area contributed by atoms with Gasteiger partial charge >= 0.3 is 0 Å². The van der Waals surface area contributed by atoms with Crippen molar-refractivity contribution < 1.29 is 9.53 Å². The van der Waals surface area contributed by atoms with E-state index < -0.39 is 0 Å². The van der Waals surface area contributed by atoms with Gasteiger partial charge in [-0.05, 0) is 80.3 Å². The molecule has 1 atom stereocenters. The lowest BCUT2D eigenvalue weighted by Crippen LogP contribution is -2.43. The molecule has 0 radical (unpaired) electrons. The van der Waals surface area contributed by atoms with Crippen LogP contribution in [0.15, 0.2) is 78.9 Å². The molecule has 34 heavy (non-hydrogen) atoms. The van der Waals surface area contributed by atoms with Crippen LogP contribution in [0, 0.1) is 0 Å². The lowest BCUT2D eigenvalue weighted by Gasteiger charge is -2.34. The third-order valence-electron chi connectivity index (χ3n) is 6.64. The molecule has 5 heteroatoms. The SMILES string of the molecule is COc1ccc(CCNC2CCN(c3ccc(C(=O)N[C@H](C)c4ccccc4)cc3)CC2)cc1. The van der Waals surface area contributed by atoms with Gasteiger partial charge in [0.25, 0.3) is 5.91 Å². The number of anilines is 1. The van der Waals surface area contributed by atoms with E-state index in [1.807, 2.05) is 61.5 Å². The molecular formula is C29H35N3O2. The van der Waals surface area contributed by atoms with Crippen molar-refractivity contribution in [2.75, 3.05) is 31.6 Å². The average Bonchev–Trinajstić information content (AvgIpc) is 2.90. The number of ether oxygens (including phenoxy) is 1.